The van der Waals surface area contributed by atoms with Gasteiger partial charge in [0.05, 0.1) is 17.8 Å². The van der Waals surface area contributed by atoms with Gasteiger partial charge in [-0.15, -0.1) is 24.0 Å². The molecule has 2 rings (SSSR count). The van der Waals surface area contributed by atoms with Crippen LogP contribution in [0.5, 0.6) is 0 Å². The summed E-state index contributed by atoms with van der Waals surface area (Å²) in [5, 5.41) is 8.01. The topological polar surface area (TPSA) is 63.9 Å². The molecule has 156 valence electrons. The molecule has 1 aromatic heterocycles. The molecule has 0 saturated carbocycles. The Balaban J connectivity index is 0.00000364. The van der Waals surface area contributed by atoms with E-state index >= 15 is 0 Å². The fraction of sp³-hybridized carbons (Fsp3) is 0.789. The molecule has 1 fully saturated rings. The van der Waals surface area contributed by atoms with Gasteiger partial charge in [-0.2, -0.15) is 5.10 Å². The zero-order valence-electron chi connectivity index (χ0n) is 17.6. The lowest BCUT2D eigenvalue weighted by Gasteiger charge is -2.35. The van der Waals surface area contributed by atoms with Crippen LogP contribution in [0.25, 0.3) is 0 Å². The highest BCUT2D eigenvalue weighted by Gasteiger charge is 2.32. The van der Waals surface area contributed by atoms with Crippen molar-refractivity contribution in [1.29, 1.82) is 0 Å². The number of guanidine groups is 1. The summed E-state index contributed by atoms with van der Waals surface area (Å²) in [4.78, 5) is 7.04. The zero-order valence-corrected chi connectivity index (χ0v) is 19.9. The summed E-state index contributed by atoms with van der Waals surface area (Å²) in [5.74, 6) is 1.30. The molecule has 8 heteroatoms. The molecular weight excluding hydrogens is 457 g/mol. The lowest BCUT2D eigenvalue weighted by atomic mass is 9.94. The van der Waals surface area contributed by atoms with Gasteiger partial charge in [0.1, 0.15) is 0 Å². The smallest absolute Gasteiger partial charge is 0.194 e. The van der Waals surface area contributed by atoms with Gasteiger partial charge in [-0.25, -0.2) is 0 Å². The molecule has 0 aliphatic carbocycles. The van der Waals surface area contributed by atoms with Crippen LogP contribution in [0, 0.1) is 0 Å². The summed E-state index contributed by atoms with van der Waals surface area (Å²) in [6.07, 6.45) is 3.87. The number of ether oxygens (including phenoxy) is 2. The molecule has 1 N–H and O–H groups in total. The Morgan fingerprint density at radius 3 is 2.67 bits per heavy atom. The molecule has 0 amide bonds. The first-order valence-corrected chi connectivity index (χ1v) is 9.55. The highest BCUT2D eigenvalue weighted by Crippen LogP contribution is 2.25. The van der Waals surface area contributed by atoms with Gasteiger partial charge in [0.15, 0.2) is 5.96 Å². The summed E-state index contributed by atoms with van der Waals surface area (Å²) in [6, 6.07) is 0. The average molecular weight is 493 g/mol. The van der Waals surface area contributed by atoms with Gasteiger partial charge in [0.2, 0.25) is 0 Å². The number of aryl methyl sites for hydroxylation is 1. The van der Waals surface area contributed by atoms with E-state index in [0.717, 1.165) is 50.8 Å². The summed E-state index contributed by atoms with van der Waals surface area (Å²) >= 11 is 0. The highest BCUT2D eigenvalue weighted by molar-refractivity contribution is 14.0. The number of aliphatic imine (C=N–C) groups is 1. The molecule has 1 aliphatic heterocycles. The minimum absolute atomic E-state index is 0. The second-order valence-electron chi connectivity index (χ2n) is 7.39. The number of hydrogen-bond donors (Lipinski definition) is 1. The Morgan fingerprint density at radius 2 is 2.11 bits per heavy atom. The molecule has 0 spiro atoms. The van der Waals surface area contributed by atoms with Crippen LogP contribution in [0.3, 0.4) is 0 Å². The lowest BCUT2D eigenvalue weighted by Crippen LogP contribution is -2.44. The van der Waals surface area contributed by atoms with E-state index in [1.54, 1.807) is 7.11 Å². The molecule has 0 radical (unpaired) electrons. The van der Waals surface area contributed by atoms with Gasteiger partial charge >= 0.3 is 0 Å². The van der Waals surface area contributed by atoms with E-state index in [2.05, 4.69) is 49.3 Å². The summed E-state index contributed by atoms with van der Waals surface area (Å²) in [6.45, 7) is 10.2. The van der Waals surface area contributed by atoms with Crippen LogP contribution in [0.1, 0.15) is 50.8 Å². The van der Waals surface area contributed by atoms with Crippen molar-refractivity contribution >= 4 is 29.9 Å². The maximum Gasteiger partial charge on any atom is 0.194 e. The molecule has 0 aromatic carbocycles. The SMILES string of the molecule is CCNC(=NCC1(OC)CCOCC1)N(C)Cc1cn(C)nc1C(C)C.I. The second-order valence-corrected chi connectivity index (χ2v) is 7.39. The van der Waals surface area contributed by atoms with Crippen molar-refractivity contribution < 1.29 is 9.47 Å². The van der Waals surface area contributed by atoms with E-state index < -0.39 is 0 Å². The van der Waals surface area contributed by atoms with Gasteiger partial charge < -0.3 is 19.7 Å². The molecule has 0 unspecified atom stereocenters. The van der Waals surface area contributed by atoms with Crippen molar-refractivity contribution in [3.05, 3.63) is 17.5 Å². The molecule has 1 aliphatic rings. The fourth-order valence-electron chi connectivity index (χ4n) is 3.35. The molecular formula is C19H36IN5O2. The predicted octanol–water partition coefficient (Wildman–Crippen LogP) is 2.75. The van der Waals surface area contributed by atoms with E-state index in [1.807, 2.05) is 11.7 Å². The van der Waals surface area contributed by atoms with Crippen LogP contribution >= 0.6 is 24.0 Å². The minimum Gasteiger partial charge on any atom is -0.381 e. The van der Waals surface area contributed by atoms with Crippen LogP contribution in [0.4, 0.5) is 0 Å². The van der Waals surface area contributed by atoms with Crippen LogP contribution in [-0.2, 0) is 23.1 Å². The number of aromatic nitrogens is 2. The Hall–Kier alpha value is -0.870. The van der Waals surface area contributed by atoms with Crippen LogP contribution < -0.4 is 5.32 Å². The standard InChI is InChI=1S/C19H35N5O2.HI/c1-7-20-18(21-14-19(25-6)8-10-26-11-9-19)23(4)12-16-13-24(5)22-17(16)15(2)3;/h13,15H,7-12,14H2,1-6H3,(H,20,21);1H. The van der Waals surface area contributed by atoms with E-state index in [1.165, 1.54) is 5.56 Å². The summed E-state index contributed by atoms with van der Waals surface area (Å²) in [5.41, 5.74) is 2.17. The number of methoxy groups -OCH3 is 1. The van der Waals surface area contributed by atoms with Gasteiger partial charge in [0, 0.05) is 72.1 Å². The number of hydrogen-bond acceptors (Lipinski definition) is 4. The number of nitrogens with one attached hydrogen (secondary N) is 1. The third-order valence-corrected chi connectivity index (χ3v) is 4.94. The van der Waals surface area contributed by atoms with E-state index in [9.17, 15) is 0 Å². The highest BCUT2D eigenvalue weighted by atomic mass is 127. The average Bonchev–Trinajstić information content (AvgIpc) is 2.99. The molecule has 7 nitrogen and oxygen atoms in total. The van der Waals surface area contributed by atoms with Crippen LogP contribution in [0.2, 0.25) is 0 Å². The first-order valence-electron chi connectivity index (χ1n) is 9.55. The normalized spacial score (nSPS) is 16.9. The van der Waals surface area contributed by atoms with Gasteiger partial charge in [0.25, 0.3) is 0 Å². The van der Waals surface area contributed by atoms with E-state index in [0.29, 0.717) is 12.5 Å². The van der Waals surface area contributed by atoms with Crippen molar-refractivity contribution in [3.63, 3.8) is 0 Å². The quantitative estimate of drug-likeness (QED) is 0.360. The molecule has 0 bridgehead atoms. The monoisotopic (exact) mass is 493 g/mol. The van der Waals surface area contributed by atoms with Crippen molar-refractivity contribution in [2.75, 3.05) is 40.5 Å². The molecule has 27 heavy (non-hydrogen) atoms. The van der Waals surface area contributed by atoms with Gasteiger partial charge in [-0.3, -0.25) is 9.67 Å². The Bertz CT molecular complexity index is 597. The first-order chi connectivity index (χ1) is 12.4. The van der Waals surface area contributed by atoms with Gasteiger partial charge in [-0.1, -0.05) is 13.8 Å². The Labute approximate surface area is 180 Å². The van der Waals surface area contributed by atoms with Crippen LogP contribution in [0.15, 0.2) is 11.2 Å². The number of nitrogens with zero attached hydrogens (tertiary/aromatic N) is 4. The van der Waals surface area contributed by atoms with Crippen molar-refractivity contribution in [2.45, 2.75) is 51.7 Å². The van der Waals surface area contributed by atoms with E-state index in [-0.39, 0.29) is 29.6 Å². The summed E-state index contributed by atoms with van der Waals surface area (Å²) < 4.78 is 13.2. The lowest BCUT2D eigenvalue weighted by molar-refractivity contribution is -0.0829. The maximum atomic E-state index is 5.81. The first kappa shape index (κ1) is 24.2. The molecule has 1 aromatic rings. The van der Waals surface area contributed by atoms with Crippen molar-refractivity contribution in [3.8, 4) is 0 Å². The zero-order chi connectivity index (χ0) is 19.2. The fourth-order valence-corrected chi connectivity index (χ4v) is 3.35. The molecule has 1 saturated heterocycles. The predicted molar refractivity (Wildman–Crippen MR) is 120 cm³/mol. The second kappa shape index (κ2) is 11.2. The maximum absolute atomic E-state index is 5.81. The Morgan fingerprint density at radius 1 is 1.44 bits per heavy atom. The van der Waals surface area contributed by atoms with Crippen molar-refractivity contribution in [2.24, 2.45) is 12.0 Å². The molecule has 0 atom stereocenters. The summed E-state index contributed by atoms with van der Waals surface area (Å²) in [7, 11) is 5.83. The van der Waals surface area contributed by atoms with Gasteiger partial charge in [-0.05, 0) is 12.8 Å². The third kappa shape index (κ3) is 6.60. The minimum atomic E-state index is -0.211. The number of halogens is 1. The van der Waals surface area contributed by atoms with Crippen LogP contribution in [-0.4, -0.2) is 66.7 Å². The van der Waals surface area contributed by atoms with E-state index in [4.69, 9.17) is 14.5 Å². The Kier molecular flexibility index (Phi) is 10.0. The van der Waals surface area contributed by atoms with Crippen molar-refractivity contribution in [1.82, 2.24) is 20.0 Å². The molecule has 2 heterocycles. The third-order valence-electron chi connectivity index (χ3n) is 4.94. The largest absolute Gasteiger partial charge is 0.381 e. The number of rotatable bonds is 7.